The normalized spacial score (nSPS) is 18.2. The van der Waals surface area contributed by atoms with Gasteiger partial charge in [-0.1, -0.05) is 0 Å². The maximum atomic E-state index is 10.9. The van der Waals surface area contributed by atoms with E-state index in [-0.39, 0.29) is 6.61 Å². The fraction of sp³-hybridized carbons (Fsp3) is 0.800. The predicted molar refractivity (Wildman–Crippen MR) is 41.7 cm³/mol. The van der Waals surface area contributed by atoms with Crippen LogP contribution in [0.25, 0.3) is 0 Å². The van der Waals surface area contributed by atoms with Crippen molar-refractivity contribution in [1.82, 2.24) is 5.09 Å². The van der Waals surface area contributed by atoms with Gasteiger partial charge in [0.25, 0.3) is 0 Å². The molecule has 0 aliphatic carbocycles. The minimum absolute atomic E-state index is 0.0487. The Morgan fingerprint density at radius 3 is 2.58 bits per heavy atom. The molecule has 7 heteroatoms. The molecule has 0 heterocycles. The molecule has 0 saturated heterocycles. The molecule has 0 aliphatic rings. The van der Waals surface area contributed by atoms with Gasteiger partial charge in [0, 0.05) is 0 Å². The van der Waals surface area contributed by atoms with Gasteiger partial charge in [0.1, 0.15) is 6.04 Å². The van der Waals surface area contributed by atoms with E-state index in [4.69, 9.17) is 10.00 Å². The lowest BCUT2D eigenvalue weighted by Crippen LogP contribution is -2.31. The first-order valence-corrected chi connectivity index (χ1v) is 4.94. The van der Waals surface area contributed by atoms with Crippen molar-refractivity contribution in [3.63, 3.8) is 0 Å². The van der Waals surface area contributed by atoms with Crippen LogP contribution < -0.4 is 5.09 Å². The van der Waals surface area contributed by atoms with E-state index in [1.54, 1.807) is 0 Å². The van der Waals surface area contributed by atoms with Gasteiger partial charge in [-0.05, 0) is 13.8 Å². The third kappa shape index (κ3) is 4.46. The van der Waals surface area contributed by atoms with Crippen molar-refractivity contribution in [3.8, 4) is 0 Å². The van der Waals surface area contributed by atoms with Gasteiger partial charge < -0.3 is 10.00 Å². The Morgan fingerprint density at radius 1 is 1.75 bits per heavy atom. The van der Waals surface area contributed by atoms with Gasteiger partial charge in [0.15, 0.2) is 0 Å². The van der Waals surface area contributed by atoms with E-state index < -0.39 is 19.8 Å². The molecule has 0 aromatic heterocycles. The number of nitrogens with one attached hydrogen (secondary N) is 1. The van der Waals surface area contributed by atoms with Crippen LogP contribution in [0.5, 0.6) is 0 Å². The number of hydrogen-bond donors (Lipinski definition) is 3. The van der Waals surface area contributed by atoms with Crippen LogP contribution in [-0.2, 0) is 13.9 Å². The highest BCUT2D eigenvalue weighted by atomic mass is 31.2. The first kappa shape index (κ1) is 11.6. The standard InChI is InChI=1S/C5H12NO5P/c1-3-11-12(9,10)6-4(2)5(7)8/h4H,3H2,1-2H3,(H,7,8)(H2,6,9,10)/t4-/m1/s1. The van der Waals surface area contributed by atoms with Gasteiger partial charge >= 0.3 is 13.7 Å². The van der Waals surface area contributed by atoms with Crippen molar-refractivity contribution in [2.24, 2.45) is 0 Å². The van der Waals surface area contributed by atoms with Crippen molar-refractivity contribution in [2.45, 2.75) is 19.9 Å². The van der Waals surface area contributed by atoms with Crippen LogP contribution in [0.15, 0.2) is 0 Å². The maximum absolute atomic E-state index is 10.9. The topological polar surface area (TPSA) is 95.9 Å². The van der Waals surface area contributed by atoms with E-state index in [2.05, 4.69) is 4.52 Å². The summed E-state index contributed by atoms with van der Waals surface area (Å²) in [6.45, 7) is 2.84. The van der Waals surface area contributed by atoms with Crippen molar-refractivity contribution in [3.05, 3.63) is 0 Å². The fourth-order valence-corrected chi connectivity index (χ4v) is 1.54. The molecule has 0 amide bonds. The van der Waals surface area contributed by atoms with Crippen LogP contribution in [0.1, 0.15) is 13.8 Å². The summed E-state index contributed by atoms with van der Waals surface area (Å²) in [5, 5.41) is 10.3. The van der Waals surface area contributed by atoms with E-state index in [0.717, 1.165) is 0 Å². The number of hydrogen-bond acceptors (Lipinski definition) is 3. The summed E-state index contributed by atoms with van der Waals surface area (Å²) in [5.41, 5.74) is 0. The van der Waals surface area contributed by atoms with Crippen molar-refractivity contribution in [2.75, 3.05) is 6.61 Å². The van der Waals surface area contributed by atoms with Crippen LogP contribution in [0.2, 0.25) is 0 Å². The fourth-order valence-electron chi connectivity index (χ4n) is 0.512. The first-order chi connectivity index (χ1) is 5.39. The van der Waals surface area contributed by atoms with Crippen molar-refractivity contribution >= 4 is 13.7 Å². The van der Waals surface area contributed by atoms with E-state index in [1.807, 2.05) is 5.09 Å². The van der Waals surface area contributed by atoms with Gasteiger partial charge in [-0.2, -0.15) is 0 Å². The molecule has 6 nitrogen and oxygen atoms in total. The van der Waals surface area contributed by atoms with Crippen LogP contribution in [0.3, 0.4) is 0 Å². The zero-order valence-corrected chi connectivity index (χ0v) is 7.75. The largest absolute Gasteiger partial charge is 0.480 e. The molecule has 0 aromatic rings. The quantitative estimate of drug-likeness (QED) is 0.544. The van der Waals surface area contributed by atoms with Crippen LogP contribution in [-0.4, -0.2) is 28.6 Å². The minimum atomic E-state index is -3.93. The average molecular weight is 197 g/mol. The van der Waals surface area contributed by atoms with Crippen LogP contribution >= 0.6 is 7.75 Å². The molecule has 0 aromatic carbocycles. The molecule has 0 rings (SSSR count). The second-order valence-electron chi connectivity index (χ2n) is 2.13. The second-order valence-corrected chi connectivity index (χ2v) is 3.68. The average Bonchev–Trinajstić information content (AvgIpc) is 1.85. The summed E-state index contributed by atoms with van der Waals surface area (Å²) in [4.78, 5) is 19.1. The summed E-state index contributed by atoms with van der Waals surface area (Å²) in [6.07, 6.45) is 0. The van der Waals surface area contributed by atoms with Crippen molar-refractivity contribution < 1.29 is 23.9 Å². The third-order valence-corrected chi connectivity index (χ3v) is 2.35. The molecule has 72 valence electrons. The van der Waals surface area contributed by atoms with Gasteiger partial charge in [-0.3, -0.25) is 9.32 Å². The number of carbonyl (C=O) groups is 1. The second kappa shape index (κ2) is 4.57. The highest BCUT2D eigenvalue weighted by Gasteiger charge is 2.24. The Bertz CT molecular complexity index is 206. The van der Waals surface area contributed by atoms with E-state index in [9.17, 15) is 9.36 Å². The first-order valence-electron chi connectivity index (χ1n) is 3.37. The minimum Gasteiger partial charge on any atom is -0.480 e. The Hall–Kier alpha value is -0.420. The highest BCUT2D eigenvalue weighted by molar-refractivity contribution is 7.50. The lowest BCUT2D eigenvalue weighted by Gasteiger charge is -2.14. The maximum Gasteiger partial charge on any atom is 0.403 e. The zero-order valence-electron chi connectivity index (χ0n) is 6.85. The smallest absolute Gasteiger partial charge is 0.403 e. The Morgan fingerprint density at radius 2 is 2.25 bits per heavy atom. The molecule has 0 saturated carbocycles. The molecule has 0 bridgehead atoms. The van der Waals surface area contributed by atoms with Crippen LogP contribution in [0.4, 0.5) is 0 Å². The zero-order chi connectivity index (χ0) is 9.78. The predicted octanol–water partition coefficient (Wildman–Crippen LogP) is 0.186. The molecule has 0 radical (unpaired) electrons. The van der Waals surface area contributed by atoms with Crippen molar-refractivity contribution in [1.29, 1.82) is 0 Å². The Labute approximate surface area is 70.1 Å². The summed E-state index contributed by atoms with van der Waals surface area (Å²) in [6, 6.07) is -1.10. The molecule has 0 fully saturated rings. The molecule has 1 unspecified atom stereocenters. The molecular weight excluding hydrogens is 185 g/mol. The molecule has 12 heavy (non-hydrogen) atoms. The van der Waals surface area contributed by atoms with E-state index in [0.29, 0.717) is 0 Å². The van der Waals surface area contributed by atoms with Crippen LogP contribution in [0, 0.1) is 0 Å². The third-order valence-electron chi connectivity index (χ3n) is 1.03. The number of carboxylic acid groups (broad SMARTS) is 1. The lowest BCUT2D eigenvalue weighted by atomic mass is 10.4. The Kier molecular flexibility index (Phi) is 4.41. The summed E-state index contributed by atoms with van der Waals surface area (Å²) >= 11 is 0. The van der Waals surface area contributed by atoms with Gasteiger partial charge in [-0.25, -0.2) is 9.65 Å². The number of rotatable bonds is 5. The SMILES string of the molecule is CCOP(=O)(O)N[C@H](C)C(=O)O. The molecular formula is C5H12NO5P. The number of carboxylic acids is 1. The summed E-state index contributed by atoms with van der Waals surface area (Å²) in [7, 11) is -3.93. The number of aliphatic carboxylic acids is 1. The highest BCUT2D eigenvalue weighted by Crippen LogP contribution is 2.36. The van der Waals surface area contributed by atoms with E-state index in [1.165, 1.54) is 13.8 Å². The summed E-state index contributed by atoms with van der Waals surface area (Å²) < 4.78 is 15.3. The molecule has 2 atom stereocenters. The monoisotopic (exact) mass is 197 g/mol. The molecule has 0 spiro atoms. The van der Waals surface area contributed by atoms with Gasteiger partial charge in [0.05, 0.1) is 6.61 Å². The van der Waals surface area contributed by atoms with E-state index >= 15 is 0 Å². The van der Waals surface area contributed by atoms with Gasteiger partial charge in [0.2, 0.25) is 0 Å². The van der Waals surface area contributed by atoms with Gasteiger partial charge in [-0.15, -0.1) is 0 Å². The molecule has 0 aliphatic heterocycles. The lowest BCUT2D eigenvalue weighted by molar-refractivity contribution is -0.138. The summed E-state index contributed by atoms with van der Waals surface area (Å²) in [5.74, 6) is -1.20. The Balaban J connectivity index is 4.05. The molecule has 3 N–H and O–H groups in total.